The van der Waals surface area contributed by atoms with Crippen LogP contribution in [0.2, 0.25) is 0 Å². The second-order valence-electron chi connectivity index (χ2n) is 33.9. The molecule has 3 aliphatic heterocycles. The smallest absolute Gasteiger partial charge is 0.378 e. The molecule has 3 saturated heterocycles. The van der Waals surface area contributed by atoms with Gasteiger partial charge in [-0.3, -0.25) is 4.98 Å². The fourth-order valence-electron chi connectivity index (χ4n) is 11.5. The van der Waals surface area contributed by atoms with E-state index in [0.717, 1.165) is 84.0 Å². The van der Waals surface area contributed by atoms with Crippen LogP contribution in [0.5, 0.6) is 0 Å². The van der Waals surface area contributed by atoms with E-state index in [1.807, 2.05) is 108 Å². The molecule has 9 aromatic heterocycles. The number of rotatable bonds is 17. The second-order valence-corrected chi connectivity index (χ2v) is 36.0. The maximum Gasteiger partial charge on any atom is 0.433 e. The van der Waals surface area contributed by atoms with Crippen LogP contribution in [0.25, 0.3) is 0 Å². The fourth-order valence-corrected chi connectivity index (χ4v) is 12.8. The van der Waals surface area contributed by atoms with Gasteiger partial charge in [0.2, 0.25) is 0 Å². The Balaban J connectivity index is 0.000000287. The Kier molecular flexibility index (Phi) is 43.7. The first kappa shape index (κ1) is 104. The lowest BCUT2D eigenvalue weighted by Crippen LogP contribution is -2.39. The van der Waals surface area contributed by atoms with Crippen molar-refractivity contribution in [1.29, 1.82) is 0 Å². The number of hydrogen-bond acceptors (Lipinski definition) is 21. The summed E-state index contributed by atoms with van der Waals surface area (Å²) in [6.07, 6.45) is 11.2. The van der Waals surface area contributed by atoms with Crippen molar-refractivity contribution in [2.75, 3.05) is 91.9 Å². The standard InChI is InChI=1S/C12H17F2N3.C12H18N2.C11H17N3O.C11H18N2.C11H17NO2S.C10H16N2.C9H11F3N2.C8H10F2N2.C8H11N/c1-9(2)10-7-11(16-8-15-10)17-5-3-12(13,14)4-6-17;1-10(2)11-5-6-13-12(9-11)14-7-3-4-8-14;1-9(2)10-7-11(13-8-12-10)14-3-5-15-6-4-14;1-8(2)9-6-10(11(3,4)5)13-7-12-9;1-4-7-15(13,14)11-8-10(9(2)3)5-6-12-11;1-8(2)9-5-6-11-10(7-9)12(3)4;1-5(2)7-4-8(9(10,11)12)14-6(3)13-7;1-5(2)6-3-7(8(9)10)12-4-11-6;1-7(2)8-3-5-9-6-4-8/h7-9H,3-6H2,1-2H3;5-6,9-10H,3-4,7-8H2,1-2H3;7-9H,3-6H2,1-2H3;6-8H,1-5H3;5-6,8-9H,4,7H2,1-3H3;5-8H,1-4H3;4-5H,1-3H3;3-5,8H,1-2H3;3-7H,1-2H3. The summed E-state index contributed by atoms with van der Waals surface area (Å²) in [6.45, 7) is 53.6. The highest BCUT2D eigenvalue weighted by Gasteiger charge is 2.35. The minimum Gasteiger partial charge on any atom is -0.378 e. The van der Waals surface area contributed by atoms with Gasteiger partial charge in [-0.25, -0.2) is 90.8 Å². The van der Waals surface area contributed by atoms with Crippen molar-refractivity contribution in [3.05, 3.63) is 209 Å². The van der Waals surface area contributed by atoms with Crippen LogP contribution in [0.1, 0.15) is 318 Å². The van der Waals surface area contributed by atoms with Crippen LogP contribution in [0.3, 0.4) is 0 Å². The largest absolute Gasteiger partial charge is 0.433 e. The maximum absolute atomic E-state index is 13.0. The van der Waals surface area contributed by atoms with E-state index in [1.54, 1.807) is 38.8 Å². The van der Waals surface area contributed by atoms with Gasteiger partial charge in [-0.15, -0.1) is 0 Å². The van der Waals surface area contributed by atoms with E-state index in [9.17, 15) is 39.2 Å². The second kappa shape index (κ2) is 50.9. The number of alkyl halides is 7. The molecule has 21 nitrogen and oxygen atoms in total. The number of ether oxygens (including phenoxy) is 1. The first-order chi connectivity index (χ1) is 56.7. The summed E-state index contributed by atoms with van der Waals surface area (Å²) in [5, 5.41) is 0.204. The van der Waals surface area contributed by atoms with Gasteiger partial charge in [0.15, 0.2) is 14.9 Å². The zero-order valence-corrected chi connectivity index (χ0v) is 77.0. The third-order valence-electron chi connectivity index (χ3n) is 19.3. The highest BCUT2D eigenvalue weighted by atomic mass is 32.2. The predicted octanol–water partition coefficient (Wildman–Crippen LogP) is 22.3. The maximum atomic E-state index is 13.0. The Hall–Kier alpha value is -9.38. The molecule has 9 aromatic rings. The molecular weight excluding hydrogens is 1570 g/mol. The van der Waals surface area contributed by atoms with Crippen LogP contribution in [0, 0.1) is 6.92 Å². The Morgan fingerprint density at radius 1 is 0.438 bits per heavy atom. The number of sulfone groups is 1. The first-order valence-corrected chi connectivity index (χ1v) is 43.8. The first-order valence-electron chi connectivity index (χ1n) is 42.1. The molecule has 121 heavy (non-hydrogen) atoms. The van der Waals surface area contributed by atoms with Gasteiger partial charge in [0.25, 0.3) is 12.3 Å². The van der Waals surface area contributed by atoms with Gasteiger partial charge in [0, 0.05) is 149 Å². The third-order valence-corrected chi connectivity index (χ3v) is 21.2. The summed E-state index contributed by atoms with van der Waals surface area (Å²) in [6, 6.07) is 24.6. The number of morpholine rings is 1. The van der Waals surface area contributed by atoms with Gasteiger partial charge < -0.3 is 24.3 Å². The van der Waals surface area contributed by atoms with Gasteiger partial charge in [-0.05, 0) is 168 Å². The van der Waals surface area contributed by atoms with E-state index in [-0.39, 0.29) is 52.4 Å². The third kappa shape index (κ3) is 37.9. The average Bonchev–Trinajstić information content (AvgIpc) is 1.12. The monoisotopic (exact) mass is 1710 g/mol. The molecule has 12 rings (SSSR count). The number of hydrogen-bond donors (Lipinski definition) is 0. The Bertz CT molecular complexity index is 4450. The summed E-state index contributed by atoms with van der Waals surface area (Å²) in [4.78, 5) is 65.1. The van der Waals surface area contributed by atoms with Crippen molar-refractivity contribution in [2.24, 2.45) is 0 Å². The van der Waals surface area contributed by atoms with Crippen molar-refractivity contribution in [2.45, 2.75) is 274 Å². The fraction of sp³-hybridized carbons (Fsp3) is 0.565. The average molecular weight is 1710 g/mol. The van der Waals surface area contributed by atoms with Crippen molar-refractivity contribution >= 4 is 33.1 Å². The number of aromatic nitrogens is 14. The van der Waals surface area contributed by atoms with Crippen molar-refractivity contribution in [3.63, 3.8) is 0 Å². The van der Waals surface area contributed by atoms with Crippen LogP contribution in [-0.2, 0) is 26.2 Å². The molecule has 29 heteroatoms. The lowest BCUT2D eigenvalue weighted by Gasteiger charge is -2.32. The molecule has 0 amide bonds. The Labute approximate surface area is 717 Å². The molecule has 0 spiro atoms. The molecule has 0 saturated carbocycles. The van der Waals surface area contributed by atoms with Crippen LogP contribution >= 0.6 is 0 Å². The molecule has 0 radical (unpaired) electrons. The van der Waals surface area contributed by atoms with Gasteiger partial charge in [0.05, 0.1) is 19.0 Å². The van der Waals surface area contributed by atoms with E-state index in [2.05, 4.69) is 220 Å². The van der Waals surface area contributed by atoms with Crippen LogP contribution in [-0.4, -0.2) is 156 Å². The summed E-state index contributed by atoms with van der Waals surface area (Å²) in [5.41, 5.74) is 9.52. The number of nitrogens with zero attached hydrogens (tertiary/aromatic N) is 18. The molecule has 3 aliphatic rings. The number of pyridine rings is 4. The zero-order valence-electron chi connectivity index (χ0n) is 76.2. The van der Waals surface area contributed by atoms with E-state index in [1.165, 1.54) is 68.3 Å². The van der Waals surface area contributed by atoms with E-state index in [4.69, 9.17) is 4.74 Å². The van der Waals surface area contributed by atoms with Gasteiger partial charge in [-0.1, -0.05) is 152 Å². The number of halogens is 7. The van der Waals surface area contributed by atoms with E-state index >= 15 is 0 Å². The molecule has 0 aromatic carbocycles. The number of aryl methyl sites for hydroxylation is 1. The minimum absolute atomic E-state index is 0.0298. The normalized spacial score (nSPS) is 13.9. The van der Waals surface area contributed by atoms with Gasteiger partial charge in [0.1, 0.15) is 65.8 Å². The molecule has 3 fully saturated rings. The number of anilines is 4. The summed E-state index contributed by atoms with van der Waals surface area (Å²) in [7, 11) is 0.835. The summed E-state index contributed by atoms with van der Waals surface area (Å²) in [5.74, 6) is 5.28. The molecule has 666 valence electrons. The SMILES string of the molecule is CC(C)c1cc(C(C)(C)C)ncn1.CC(C)c1cc(C(F)F)ncn1.CC(C)c1cc(N2CCC(F)(F)CC2)ncn1.CC(C)c1cc(N2CCOCC2)ncn1.CC(C)c1ccnc(N(C)C)c1.CC(C)c1ccnc(N2CCCC2)c1.CC(C)c1ccncc1.CCCS(=O)(=O)c1cc(C(C)C)ccn1.Cc1nc(C(C)C)cc(C(F)(F)F)n1. The molecule has 0 aliphatic carbocycles. The lowest BCUT2D eigenvalue weighted by molar-refractivity contribution is -0.141. The predicted molar refractivity (Wildman–Crippen MR) is 475 cm³/mol. The molecule has 12 heterocycles. The van der Waals surface area contributed by atoms with Crippen molar-refractivity contribution < 1.29 is 43.9 Å². The van der Waals surface area contributed by atoms with Crippen LogP contribution in [0.4, 0.5) is 54.0 Å². The summed E-state index contributed by atoms with van der Waals surface area (Å²) < 4.78 is 116. The van der Waals surface area contributed by atoms with Gasteiger partial charge in [-0.2, -0.15) is 13.2 Å². The molecular formula is C92H135F7N18O3S. The van der Waals surface area contributed by atoms with Crippen molar-refractivity contribution in [1.82, 2.24) is 69.8 Å². The number of piperidine rings is 1. The highest BCUT2D eigenvalue weighted by Crippen LogP contribution is 2.33. The van der Waals surface area contributed by atoms with Crippen LogP contribution < -0.4 is 19.6 Å². The van der Waals surface area contributed by atoms with Gasteiger partial charge >= 0.3 is 6.18 Å². The minimum atomic E-state index is -4.39. The van der Waals surface area contributed by atoms with Crippen LogP contribution in [0.15, 0.2) is 140 Å². The topological polar surface area (TPSA) is 237 Å². The quantitative estimate of drug-likeness (QED) is 0.0770. The Morgan fingerprint density at radius 3 is 1.28 bits per heavy atom. The highest BCUT2D eigenvalue weighted by molar-refractivity contribution is 7.91. The zero-order chi connectivity index (χ0) is 90.5. The van der Waals surface area contributed by atoms with E-state index in [0.29, 0.717) is 72.3 Å². The lowest BCUT2D eigenvalue weighted by atomic mass is 9.91. The van der Waals surface area contributed by atoms with Crippen molar-refractivity contribution in [3.8, 4) is 0 Å². The molecule has 0 bridgehead atoms. The Morgan fingerprint density at radius 2 is 0.835 bits per heavy atom. The molecule has 0 atom stereocenters. The molecule has 0 N–H and O–H groups in total. The molecule has 0 unspecified atom stereocenters. The summed E-state index contributed by atoms with van der Waals surface area (Å²) >= 11 is 0. The van der Waals surface area contributed by atoms with E-state index < -0.39 is 34.1 Å².